The molecule has 1 heterocycles. The molecule has 0 saturated heterocycles. The van der Waals surface area contributed by atoms with Gasteiger partial charge in [0.15, 0.2) is 11.4 Å². The van der Waals surface area contributed by atoms with E-state index in [1.807, 2.05) is 53.4 Å². The molecule has 2 aromatic carbocycles. The molecule has 7 heteroatoms. The van der Waals surface area contributed by atoms with E-state index in [1.165, 1.54) is 0 Å². The summed E-state index contributed by atoms with van der Waals surface area (Å²) in [5, 5.41) is 0.0851. The van der Waals surface area contributed by atoms with Gasteiger partial charge in [-0.1, -0.05) is 35.9 Å². The zero-order chi connectivity index (χ0) is 19.9. The first kappa shape index (κ1) is 19.6. The van der Waals surface area contributed by atoms with Gasteiger partial charge in [0.25, 0.3) is 0 Å². The van der Waals surface area contributed by atoms with Gasteiger partial charge in [0.05, 0.1) is 20.4 Å². The average molecular weight is 398 g/mol. The quantitative estimate of drug-likeness (QED) is 0.531. The number of carbonyl (C=O) groups is 1. The molecule has 0 unspecified atom stereocenters. The summed E-state index contributed by atoms with van der Waals surface area (Å²) in [6.07, 6.45) is 2.15. The molecule has 6 nitrogen and oxygen atoms in total. The van der Waals surface area contributed by atoms with Gasteiger partial charge in [-0.25, -0.2) is 9.97 Å². The van der Waals surface area contributed by atoms with E-state index in [1.54, 1.807) is 20.4 Å². The molecule has 0 spiro atoms. The number of hydrogen-bond donors (Lipinski definition) is 0. The van der Waals surface area contributed by atoms with Gasteiger partial charge in [-0.2, -0.15) is 0 Å². The lowest BCUT2D eigenvalue weighted by Crippen LogP contribution is -2.23. The summed E-state index contributed by atoms with van der Waals surface area (Å²) in [6.45, 7) is 1.17. The number of halogens is 1. The van der Waals surface area contributed by atoms with Crippen LogP contribution in [0.3, 0.4) is 0 Å². The summed E-state index contributed by atoms with van der Waals surface area (Å²) in [6, 6.07) is 15.6. The van der Waals surface area contributed by atoms with E-state index in [2.05, 4.69) is 9.97 Å². The van der Waals surface area contributed by atoms with E-state index in [9.17, 15) is 4.79 Å². The lowest BCUT2D eigenvalue weighted by Gasteiger charge is -2.24. The molecular formula is C21H20ClN3O3. The first-order valence-corrected chi connectivity index (χ1v) is 8.99. The third-order valence-corrected chi connectivity index (χ3v) is 4.52. The van der Waals surface area contributed by atoms with Crippen molar-refractivity contribution in [3.8, 4) is 11.5 Å². The molecule has 3 rings (SSSR count). The zero-order valence-electron chi connectivity index (χ0n) is 15.6. The largest absolute Gasteiger partial charge is 0.497 e. The van der Waals surface area contributed by atoms with Crippen LogP contribution in [-0.4, -0.2) is 30.5 Å². The van der Waals surface area contributed by atoms with Crippen molar-refractivity contribution in [3.05, 3.63) is 76.7 Å². The number of hydrogen-bond acceptors (Lipinski definition) is 6. The average Bonchev–Trinajstić information content (AvgIpc) is 2.74. The first-order chi connectivity index (χ1) is 13.6. The third-order valence-electron chi connectivity index (χ3n) is 4.24. The van der Waals surface area contributed by atoms with Gasteiger partial charge in [0.2, 0.25) is 0 Å². The van der Waals surface area contributed by atoms with Crippen molar-refractivity contribution in [2.24, 2.45) is 0 Å². The fraction of sp³-hybridized carbons (Fsp3) is 0.190. The van der Waals surface area contributed by atoms with E-state index >= 15 is 0 Å². The topological polar surface area (TPSA) is 64.6 Å². The molecule has 3 aromatic rings. The number of methoxy groups -OCH3 is 2. The molecule has 0 fully saturated rings. The second-order valence-corrected chi connectivity index (χ2v) is 6.43. The molecule has 0 atom stereocenters. The standard InChI is InChI=1S/C21H20ClN3O3/c1-27-17-7-3-15(4-8-17)12-25(13-16-5-9-18(28-2)10-6-16)20-11-23-19(14-26)21(22)24-20/h3-11,14H,12-13H2,1-2H3. The van der Waals surface area contributed by atoms with E-state index < -0.39 is 0 Å². The molecular weight excluding hydrogens is 378 g/mol. The minimum Gasteiger partial charge on any atom is -0.497 e. The maximum Gasteiger partial charge on any atom is 0.171 e. The van der Waals surface area contributed by atoms with E-state index in [-0.39, 0.29) is 10.8 Å². The number of carbonyl (C=O) groups excluding carboxylic acids is 1. The van der Waals surface area contributed by atoms with Crippen LogP contribution in [0.5, 0.6) is 11.5 Å². The predicted molar refractivity (Wildman–Crippen MR) is 108 cm³/mol. The summed E-state index contributed by atoms with van der Waals surface area (Å²) in [5.74, 6) is 2.18. The van der Waals surface area contributed by atoms with Crippen LogP contribution < -0.4 is 14.4 Å². The maximum atomic E-state index is 11.0. The minimum atomic E-state index is 0.0851. The van der Waals surface area contributed by atoms with Crippen LogP contribution in [0, 0.1) is 0 Å². The Balaban J connectivity index is 1.89. The molecule has 28 heavy (non-hydrogen) atoms. The second kappa shape index (κ2) is 9.19. The van der Waals surface area contributed by atoms with Crippen LogP contribution in [0.1, 0.15) is 21.6 Å². The van der Waals surface area contributed by atoms with Gasteiger partial charge in [0, 0.05) is 13.1 Å². The molecule has 0 amide bonds. The lowest BCUT2D eigenvalue weighted by atomic mass is 10.1. The SMILES string of the molecule is COc1ccc(CN(Cc2ccc(OC)cc2)c2cnc(C=O)c(Cl)n2)cc1. The first-order valence-electron chi connectivity index (χ1n) is 8.61. The molecule has 0 aliphatic heterocycles. The Hall–Kier alpha value is -3.12. The molecule has 0 saturated carbocycles. The summed E-state index contributed by atoms with van der Waals surface area (Å²) in [7, 11) is 3.27. The number of aromatic nitrogens is 2. The van der Waals surface area contributed by atoms with Crippen LogP contribution >= 0.6 is 11.6 Å². The summed E-state index contributed by atoms with van der Waals surface area (Å²) >= 11 is 6.09. The summed E-state index contributed by atoms with van der Waals surface area (Å²) < 4.78 is 10.4. The highest BCUT2D eigenvalue weighted by atomic mass is 35.5. The van der Waals surface area contributed by atoms with E-state index in [0.717, 1.165) is 22.6 Å². The molecule has 0 aliphatic carbocycles. The number of rotatable bonds is 8. The Morgan fingerprint density at radius 3 is 1.82 bits per heavy atom. The van der Waals surface area contributed by atoms with Crippen LogP contribution in [-0.2, 0) is 13.1 Å². The highest BCUT2D eigenvalue weighted by Gasteiger charge is 2.13. The fourth-order valence-corrected chi connectivity index (χ4v) is 2.90. The number of anilines is 1. The fourth-order valence-electron chi connectivity index (χ4n) is 2.72. The number of benzene rings is 2. The minimum absolute atomic E-state index is 0.0851. The Labute approximate surface area is 168 Å². The number of aldehydes is 1. The summed E-state index contributed by atoms with van der Waals surface area (Å²) in [4.78, 5) is 21.5. The molecule has 0 radical (unpaired) electrons. The lowest BCUT2D eigenvalue weighted by molar-refractivity contribution is 0.111. The highest BCUT2D eigenvalue weighted by Crippen LogP contribution is 2.22. The van der Waals surface area contributed by atoms with Crippen molar-refractivity contribution in [1.29, 1.82) is 0 Å². The predicted octanol–water partition coefficient (Wildman–Crippen LogP) is 4.17. The van der Waals surface area contributed by atoms with Gasteiger partial charge >= 0.3 is 0 Å². The van der Waals surface area contributed by atoms with Crippen molar-refractivity contribution in [2.75, 3.05) is 19.1 Å². The Bertz CT molecular complexity index is 881. The van der Waals surface area contributed by atoms with Crippen molar-refractivity contribution < 1.29 is 14.3 Å². The van der Waals surface area contributed by atoms with Gasteiger partial charge in [-0.15, -0.1) is 0 Å². The Morgan fingerprint density at radius 1 is 0.929 bits per heavy atom. The monoisotopic (exact) mass is 397 g/mol. The second-order valence-electron chi connectivity index (χ2n) is 6.07. The molecule has 0 aliphatic rings. The van der Waals surface area contributed by atoms with Crippen LogP contribution in [0.15, 0.2) is 54.7 Å². The van der Waals surface area contributed by atoms with Crippen molar-refractivity contribution in [1.82, 2.24) is 9.97 Å². The molecule has 1 aromatic heterocycles. The van der Waals surface area contributed by atoms with Crippen LogP contribution in [0.25, 0.3) is 0 Å². The Morgan fingerprint density at radius 2 is 1.43 bits per heavy atom. The highest BCUT2D eigenvalue weighted by molar-refractivity contribution is 6.31. The zero-order valence-corrected chi connectivity index (χ0v) is 16.4. The third kappa shape index (κ3) is 4.78. The van der Waals surface area contributed by atoms with Crippen molar-refractivity contribution in [2.45, 2.75) is 13.1 Å². The van der Waals surface area contributed by atoms with Gasteiger partial charge < -0.3 is 14.4 Å². The van der Waals surface area contributed by atoms with Gasteiger partial charge in [-0.05, 0) is 35.4 Å². The van der Waals surface area contributed by atoms with Crippen LogP contribution in [0.2, 0.25) is 5.15 Å². The van der Waals surface area contributed by atoms with Gasteiger partial charge in [0.1, 0.15) is 23.0 Å². The van der Waals surface area contributed by atoms with Gasteiger partial charge in [-0.3, -0.25) is 4.79 Å². The van der Waals surface area contributed by atoms with Crippen molar-refractivity contribution >= 4 is 23.7 Å². The Kier molecular flexibility index (Phi) is 6.45. The number of ether oxygens (including phenoxy) is 2. The normalized spacial score (nSPS) is 10.4. The molecule has 0 N–H and O–H groups in total. The van der Waals surface area contributed by atoms with Crippen LogP contribution in [0.4, 0.5) is 5.82 Å². The smallest absolute Gasteiger partial charge is 0.171 e. The van der Waals surface area contributed by atoms with Crippen molar-refractivity contribution in [3.63, 3.8) is 0 Å². The molecule has 0 bridgehead atoms. The summed E-state index contributed by atoms with van der Waals surface area (Å²) in [5.41, 5.74) is 2.28. The van der Waals surface area contributed by atoms with E-state index in [0.29, 0.717) is 25.2 Å². The molecule has 144 valence electrons. The number of nitrogens with zero attached hydrogens (tertiary/aromatic N) is 3. The van der Waals surface area contributed by atoms with E-state index in [4.69, 9.17) is 21.1 Å². The maximum absolute atomic E-state index is 11.0.